The van der Waals surface area contributed by atoms with E-state index in [1.807, 2.05) is 0 Å². The van der Waals surface area contributed by atoms with Gasteiger partial charge in [-0.05, 0) is 122 Å². The van der Waals surface area contributed by atoms with Crippen LogP contribution in [0, 0.1) is 0 Å². The van der Waals surface area contributed by atoms with Gasteiger partial charge in [-0.3, -0.25) is 14.4 Å². The second-order valence-electron chi connectivity index (χ2n) is 22.3. The molecule has 0 fully saturated rings. The van der Waals surface area contributed by atoms with Crippen LogP contribution in [0.5, 0.6) is 0 Å². The molecule has 1 atom stereocenters. The summed E-state index contributed by atoms with van der Waals surface area (Å²) >= 11 is 0. The van der Waals surface area contributed by atoms with Crippen LogP contribution in [-0.4, -0.2) is 37.2 Å². The van der Waals surface area contributed by atoms with E-state index in [0.717, 1.165) is 135 Å². The highest BCUT2D eigenvalue weighted by atomic mass is 16.6. The van der Waals surface area contributed by atoms with Crippen molar-refractivity contribution in [2.24, 2.45) is 0 Å². The SMILES string of the molecule is CC/C=C\C/C=C\C/C=C\C/C=C\C/C=C\C/C=C\C/C=C\C/C=C\CCCCCCCCCCCCC(=O)OCC(COC(=O)CCCCCCCCC)OC(=O)CCCCCCCCCCCC/C=C\C/C=C\C/C=C\C/C=C\CC. The van der Waals surface area contributed by atoms with Gasteiger partial charge in [0.25, 0.3) is 0 Å². The van der Waals surface area contributed by atoms with Crippen LogP contribution in [0.15, 0.2) is 146 Å². The zero-order valence-electron chi connectivity index (χ0n) is 53.9. The summed E-state index contributed by atoms with van der Waals surface area (Å²) in [5, 5.41) is 0. The lowest BCUT2D eigenvalue weighted by Gasteiger charge is -2.18. The Labute approximate surface area is 512 Å². The Hall–Kier alpha value is -4.71. The molecule has 470 valence electrons. The van der Waals surface area contributed by atoms with Crippen molar-refractivity contribution in [1.29, 1.82) is 0 Å². The lowest BCUT2D eigenvalue weighted by molar-refractivity contribution is -0.167. The van der Waals surface area contributed by atoms with Crippen LogP contribution in [0.2, 0.25) is 0 Å². The quantitative estimate of drug-likeness (QED) is 0.0261. The molecular formula is C77H126O6. The lowest BCUT2D eigenvalue weighted by atomic mass is 10.0. The molecule has 0 rings (SSSR count). The number of carbonyl (C=O) groups excluding carboxylic acids is 3. The van der Waals surface area contributed by atoms with Crippen LogP contribution in [-0.2, 0) is 28.6 Å². The predicted octanol–water partition coefficient (Wildman–Crippen LogP) is 23.9. The molecule has 0 radical (unpaired) electrons. The van der Waals surface area contributed by atoms with Gasteiger partial charge in [-0.25, -0.2) is 0 Å². The highest BCUT2D eigenvalue weighted by Gasteiger charge is 2.19. The van der Waals surface area contributed by atoms with Crippen molar-refractivity contribution in [3.63, 3.8) is 0 Å². The number of ether oxygens (including phenoxy) is 3. The second-order valence-corrected chi connectivity index (χ2v) is 22.3. The van der Waals surface area contributed by atoms with Crippen molar-refractivity contribution >= 4 is 17.9 Å². The van der Waals surface area contributed by atoms with Gasteiger partial charge in [0, 0.05) is 19.3 Å². The third-order valence-electron chi connectivity index (χ3n) is 14.3. The minimum atomic E-state index is -0.784. The summed E-state index contributed by atoms with van der Waals surface area (Å²) in [7, 11) is 0. The summed E-state index contributed by atoms with van der Waals surface area (Å²) in [4.78, 5) is 38.2. The Kier molecular flexibility index (Phi) is 65.8. The van der Waals surface area contributed by atoms with E-state index in [-0.39, 0.29) is 31.1 Å². The van der Waals surface area contributed by atoms with Crippen molar-refractivity contribution in [2.45, 2.75) is 309 Å². The number of unbranched alkanes of at least 4 members (excludes halogenated alkanes) is 26. The van der Waals surface area contributed by atoms with E-state index in [9.17, 15) is 14.4 Å². The van der Waals surface area contributed by atoms with Crippen LogP contribution >= 0.6 is 0 Å². The minimum Gasteiger partial charge on any atom is -0.462 e. The van der Waals surface area contributed by atoms with Gasteiger partial charge >= 0.3 is 17.9 Å². The fourth-order valence-electron chi connectivity index (χ4n) is 9.27. The van der Waals surface area contributed by atoms with E-state index in [1.54, 1.807) is 0 Å². The first kappa shape index (κ1) is 78.3. The molecule has 6 nitrogen and oxygen atoms in total. The molecule has 0 aromatic carbocycles. The molecule has 0 spiro atoms. The molecule has 0 aromatic rings. The Bertz CT molecular complexity index is 1800. The number of hydrogen-bond donors (Lipinski definition) is 0. The molecular weight excluding hydrogens is 1020 g/mol. The molecule has 0 bridgehead atoms. The van der Waals surface area contributed by atoms with Gasteiger partial charge in [-0.15, -0.1) is 0 Å². The molecule has 0 amide bonds. The average molecular weight is 1150 g/mol. The summed E-state index contributed by atoms with van der Waals surface area (Å²) in [5.41, 5.74) is 0. The minimum absolute atomic E-state index is 0.0824. The van der Waals surface area contributed by atoms with Gasteiger partial charge in [0.2, 0.25) is 0 Å². The van der Waals surface area contributed by atoms with Crippen molar-refractivity contribution in [2.75, 3.05) is 13.2 Å². The summed E-state index contributed by atoms with van der Waals surface area (Å²) < 4.78 is 16.9. The summed E-state index contributed by atoms with van der Waals surface area (Å²) in [5.74, 6) is -0.894. The molecule has 1 unspecified atom stereocenters. The highest BCUT2D eigenvalue weighted by Crippen LogP contribution is 2.16. The Balaban J connectivity index is 4.12. The Morgan fingerprint density at radius 1 is 0.253 bits per heavy atom. The Morgan fingerprint density at radius 2 is 0.470 bits per heavy atom. The van der Waals surface area contributed by atoms with Crippen molar-refractivity contribution in [1.82, 2.24) is 0 Å². The topological polar surface area (TPSA) is 78.9 Å². The monoisotopic (exact) mass is 1150 g/mol. The van der Waals surface area contributed by atoms with Gasteiger partial charge < -0.3 is 14.2 Å². The lowest BCUT2D eigenvalue weighted by Crippen LogP contribution is -2.30. The first-order valence-electron chi connectivity index (χ1n) is 34.3. The van der Waals surface area contributed by atoms with Crippen LogP contribution in [0.1, 0.15) is 303 Å². The van der Waals surface area contributed by atoms with Gasteiger partial charge in [0.05, 0.1) is 0 Å². The van der Waals surface area contributed by atoms with E-state index in [0.29, 0.717) is 19.3 Å². The molecule has 0 aliphatic carbocycles. The number of allylic oxidation sites excluding steroid dienone is 24. The third-order valence-corrected chi connectivity index (χ3v) is 14.3. The maximum atomic E-state index is 12.9. The zero-order valence-corrected chi connectivity index (χ0v) is 53.9. The molecule has 0 aliphatic heterocycles. The first-order chi connectivity index (χ1) is 41.0. The van der Waals surface area contributed by atoms with Crippen LogP contribution < -0.4 is 0 Å². The van der Waals surface area contributed by atoms with E-state index in [1.165, 1.54) is 128 Å². The normalized spacial score (nSPS) is 13.0. The van der Waals surface area contributed by atoms with E-state index in [4.69, 9.17) is 14.2 Å². The van der Waals surface area contributed by atoms with Gasteiger partial charge in [0.1, 0.15) is 13.2 Å². The second kappa shape index (κ2) is 69.8. The Morgan fingerprint density at radius 3 is 0.735 bits per heavy atom. The summed E-state index contributed by atoms with van der Waals surface area (Å²) in [6.07, 6.45) is 100. The molecule has 83 heavy (non-hydrogen) atoms. The molecule has 0 N–H and O–H groups in total. The van der Waals surface area contributed by atoms with Crippen molar-refractivity contribution < 1.29 is 28.6 Å². The molecule has 0 aliphatic rings. The van der Waals surface area contributed by atoms with Crippen molar-refractivity contribution in [3.8, 4) is 0 Å². The third kappa shape index (κ3) is 68.0. The van der Waals surface area contributed by atoms with Gasteiger partial charge in [-0.1, -0.05) is 308 Å². The smallest absolute Gasteiger partial charge is 0.306 e. The van der Waals surface area contributed by atoms with Crippen LogP contribution in [0.3, 0.4) is 0 Å². The fraction of sp³-hybridized carbons (Fsp3) is 0.649. The summed E-state index contributed by atoms with van der Waals surface area (Å²) in [6, 6.07) is 0. The number of hydrogen-bond acceptors (Lipinski definition) is 6. The summed E-state index contributed by atoms with van der Waals surface area (Å²) in [6.45, 7) is 6.38. The average Bonchev–Trinajstić information content (AvgIpc) is 3.49. The molecule has 0 aromatic heterocycles. The van der Waals surface area contributed by atoms with E-state index in [2.05, 4.69) is 167 Å². The standard InChI is InChI=1S/C77H126O6/c1-4-7-10-13-16-18-20-22-24-26-28-30-32-33-34-35-36-37-38-39-40-41-42-43-45-46-48-50-52-54-56-58-61-64-67-70-76(79)82-73-74(72-81-75(78)69-66-63-60-15-12-9-6-3)83-77(80)71-68-65-62-59-57-55-53-51-49-47-44-31-29-27-25-23-21-19-17-14-11-8-5-2/h7-8,10-11,16-19,22-25,28-31,33-34,36-37,39-40,42-43,74H,4-6,9,12-15,20-21,26-27,32,35,38,41,44-73H2,1-3H3/b10-7-,11-8-,18-16-,19-17-,24-22-,25-23-,30-28-,31-29-,34-33-,37-36-,40-39-,43-42-. The van der Waals surface area contributed by atoms with Gasteiger partial charge in [-0.2, -0.15) is 0 Å². The van der Waals surface area contributed by atoms with E-state index >= 15 is 0 Å². The van der Waals surface area contributed by atoms with Crippen LogP contribution in [0.25, 0.3) is 0 Å². The molecule has 0 heterocycles. The predicted molar refractivity (Wildman–Crippen MR) is 362 cm³/mol. The highest BCUT2D eigenvalue weighted by molar-refractivity contribution is 5.71. The van der Waals surface area contributed by atoms with Crippen LogP contribution in [0.4, 0.5) is 0 Å². The maximum Gasteiger partial charge on any atom is 0.306 e. The first-order valence-corrected chi connectivity index (χ1v) is 34.3. The number of esters is 3. The maximum absolute atomic E-state index is 12.9. The van der Waals surface area contributed by atoms with E-state index < -0.39 is 6.10 Å². The van der Waals surface area contributed by atoms with Crippen molar-refractivity contribution in [3.05, 3.63) is 146 Å². The number of carbonyl (C=O) groups is 3. The molecule has 0 saturated heterocycles. The number of rotatable bonds is 61. The largest absolute Gasteiger partial charge is 0.462 e. The fourth-order valence-corrected chi connectivity index (χ4v) is 9.27. The van der Waals surface area contributed by atoms with Gasteiger partial charge in [0.15, 0.2) is 6.10 Å². The zero-order chi connectivity index (χ0) is 59.9. The molecule has 0 saturated carbocycles. The molecule has 6 heteroatoms.